The van der Waals surface area contributed by atoms with Crippen LogP contribution in [0.4, 0.5) is 11.4 Å². The summed E-state index contributed by atoms with van der Waals surface area (Å²) in [6.07, 6.45) is -0.107. The Balaban J connectivity index is 1.67. The number of carbonyl (C=O) groups is 2. The van der Waals surface area contributed by atoms with Crippen LogP contribution in [0.2, 0.25) is 0 Å². The van der Waals surface area contributed by atoms with Crippen molar-refractivity contribution in [3.8, 4) is 5.75 Å². The van der Waals surface area contributed by atoms with E-state index in [1.54, 1.807) is 24.3 Å². The maximum atomic E-state index is 12.7. The molecule has 2 N–H and O–H groups in total. The molecule has 3 aromatic rings. The standard InChI is InChI=1S/C25H26N2O3/c1-4-23(30-22-13-6-9-18(3)15-22)25(29)27-21-12-7-10-19(16-21)24(28)26-20-11-5-8-17(2)14-20/h5-16,23H,4H2,1-3H3,(H,26,28)(H,27,29). The summed E-state index contributed by atoms with van der Waals surface area (Å²) in [6, 6.07) is 22.0. The van der Waals surface area contributed by atoms with E-state index in [-0.39, 0.29) is 11.8 Å². The zero-order chi connectivity index (χ0) is 21.5. The minimum atomic E-state index is -0.628. The molecular formula is C25H26N2O3. The van der Waals surface area contributed by atoms with E-state index >= 15 is 0 Å². The van der Waals surface area contributed by atoms with E-state index in [1.165, 1.54) is 0 Å². The highest BCUT2D eigenvalue weighted by Crippen LogP contribution is 2.18. The van der Waals surface area contributed by atoms with E-state index in [9.17, 15) is 9.59 Å². The predicted molar refractivity (Wildman–Crippen MR) is 120 cm³/mol. The van der Waals surface area contributed by atoms with Crippen LogP contribution in [-0.4, -0.2) is 17.9 Å². The molecule has 5 heteroatoms. The first-order valence-corrected chi connectivity index (χ1v) is 9.97. The van der Waals surface area contributed by atoms with Crippen molar-refractivity contribution in [3.63, 3.8) is 0 Å². The fourth-order valence-electron chi connectivity index (χ4n) is 3.06. The third-order valence-electron chi connectivity index (χ3n) is 4.60. The van der Waals surface area contributed by atoms with Crippen LogP contribution < -0.4 is 15.4 Å². The quantitative estimate of drug-likeness (QED) is 0.560. The van der Waals surface area contributed by atoms with E-state index in [0.717, 1.165) is 16.8 Å². The summed E-state index contributed by atoms with van der Waals surface area (Å²) in [5.41, 5.74) is 3.86. The van der Waals surface area contributed by atoms with Crippen LogP contribution in [0, 0.1) is 13.8 Å². The number of rotatable bonds is 7. The van der Waals surface area contributed by atoms with E-state index < -0.39 is 6.10 Å². The number of hydrogen-bond donors (Lipinski definition) is 2. The van der Waals surface area contributed by atoms with Gasteiger partial charge in [0.15, 0.2) is 6.10 Å². The molecule has 154 valence electrons. The van der Waals surface area contributed by atoms with E-state index in [1.807, 2.05) is 69.3 Å². The van der Waals surface area contributed by atoms with Crippen molar-refractivity contribution in [1.82, 2.24) is 0 Å². The molecule has 0 saturated heterocycles. The highest BCUT2D eigenvalue weighted by molar-refractivity contribution is 6.05. The molecule has 0 heterocycles. The summed E-state index contributed by atoms with van der Waals surface area (Å²) in [6.45, 7) is 5.84. The average Bonchev–Trinajstić information content (AvgIpc) is 2.72. The summed E-state index contributed by atoms with van der Waals surface area (Å²) in [5.74, 6) is 0.165. The van der Waals surface area contributed by atoms with Crippen molar-refractivity contribution < 1.29 is 14.3 Å². The summed E-state index contributed by atoms with van der Waals surface area (Å²) < 4.78 is 5.86. The molecule has 5 nitrogen and oxygen atoms in total. The van der Waals surface area contributed by atoms with Gasteiger partial charge >= 0.3 is 0 Å². The normalized spacial score (nSPS) is 11.4. The lowest BCUT2D eigenvalue weighted by molar-refractivity contribution is -0.122. The highest BCUT2D eigenvalue weighted by atomic mass is 16.5. The van der Waals surface area contributed by atoms with Crippen LogP contribution in [-0.2, 0) is 4.79 Å². The fraction of sp³-hybridized carbons (Fsp3) is 0.200. The Morgan fingerprint density at radius 3 is 2.13 bits per heavy atom. The summed E-state index contributed by atoms with van der Waals surface area (Å²) in [4.78, 5) is 25.3. The van der Waals surface area contributed by atoms with Gasteiger partial charge < -0.3 is 15.4 Å². The minimum absolute atomic E-state index is 0.236. The van der Waals surface area contributed by atoms with E-state index in [2.05, 4.69) is 10.6 Å². The van der Waals surface area contributed by atoms with Gasteiger partial charge in [-0.3, -0.25) is 9.59 Å². The molecule has 0 aliphatic carbocycles. The maximum Gasteiger partial charge on any atom is 0.265 e. The largest absolute Gasteiger partial charge is 0.481 e. The zero-order valence-corrected chi connectivity index (χ0v) is 17.4. The first kappa shape index (κ1) is 21.1. The van der Waals surface area contributed by atoms with E-state index in [0.29, 0.717) is 23.4 Å². The Kier molecular flexibility index (Phi) is 6.86. The van der Waals surface area contributed by atoms with E-state index in [4.69, 9.17) is 4.74 Å². The second-order valence-corrected chi connectivity index (χ2v) is 7.22. The third kappa shape index (κ3) is 5.70. The molecule has 0 aromatic heterocycles. The van der Waals surface area contributed by atoms with Gasteiger partial charge in [-0.05, 0) is 73.9 Å². The van der Waals surface area contributed by atoms with Gasteiger partial charge in [-0.15, -0.1) is 0 Å². The Labute approximate surface area is 177 Å². The molecular weight excluding hydrogens is 376 g/mol. The second-order valence-electron chi connectivity index (χ2n) is 7.22. The van der Waals surface area contributed by atoms with Gasteiger partial charge in [-0.25, -0.2) is 0 Å². The molecule has 1 atom stereocenters. The lowest BCUT2D eigenvalue weighted by atomic mass is 10.1. The third-order valence-corrected chi connectivity index (χ3v) is 4.60. The van der Waals surface area contributed by atoms with Gasteiger partial charge in [-0.2, -0.15) is 0 Å². The number of hydrogen-bond acceptors (Lipinski definition) is 3. The van der Waals surface area contributed by atoms with Crippen LogP contribution in [0.1, 0.15) is 34.8 Å². The molecule has 1 unspecified atom stereocenters. The number of carbonyl (C=O) groups excluding carboxylic acids is 2. The van der Waals surface area contributed by atoms with Crippen molar-refractivity contribution >= 4 is 23.2 Å². The molecule has 0 aliphatic heterocycles. The van der Waals surface area contributed by atoms with Gasteiger partial charge in [0.25, 0.3) is 11.8 Å². The highest BCUT2D eigenvalue weighted by Gasteiger charge is 2.19. The van der Waals surface area contributed by atoms with Crippen molar-refractivity contribution in [1.29, 1.82) is 0 Å². The SMILES string of the molecule is CCC(Oc1cccc(C)c1)C(=O)Nc1cccc(C(=O)Nc2cccc(C)c2)c1. The summed E-state index contributed by atoms with van der Waals surface area (Å²) in [7, 11) is 0. The minimum Gasteiger partial charge on any atom is -0.481 e. The number of ether oxygens (including phenoxy) is 1. The molecule has 2 amide bonds. The molecule has 0 saturated carbocycles. The molecule has 3 aromatic carbocycles. The lowest BCUT2D eigenvalue weighted by Crippen LogP contribution is -2.32. The van der Waals surface area contributed by atoms with Crippen LogP contribution in [0.25, 0.3) is 0 Å². The van der Waals surface area contributed by atoms with Gasteiger partial charge in [0.2, 0.25) is 0 Å². The van der Waals surface area contributed by atoms with Gasteiger partial charge in [0.05, 0.1) is 0 Å². The van der Waals surface area contributed by atoms with Gasteiger partial charge in [-0.1, -0.05) is 37.3 Å². The Morgan fingerprint density at radius 1 is 0.833 bits per heavy atom. The summed E-state index contributed by atoms with van der Waals surface area (Å²) in [5, 5.41) is 5.73. The molecule has 0 bridgehead atoms. The Hall–Kier alpha value is -3.60. The monoisotopic (exact) mass is 402 g/mol. The van der Waals surface area contributed by atoms with Crippen molar-refractivity contribution in [2.24, 2.45) is 0 Å². The molecule has 0 spiro atoms. The topological polar surface area (TPSA) is 67.4 Å². The molecule has 3 rings (SSSR count). The number of amides is 2. The first-order valence-electron chi connectivity index (χ1n) is 9.97. The lowest BCUT2D eigenvalue weighted by Gasteiger charge is -2.18. The number of anilines is 2. The number of aryl methyl sites for hydroxylation is 2. The second kappa shape index (κ2) is 9.74. The zero-order valence-electron chi connectivity index (χ0n) is 17.4. The molecule has 0 fully saturated rings. The first-order chi connectivity index (χ1) is 14.4. The molecule has 0 aliphatic rings. The predicted octanol–water partition coefficient (Wildman–Crippen LogP) is 5.35. The van der Waals surface area contributed by atoms with Crippen LogP contribution in [0.15, 0.2) is 72.8 Å². The Morgan fingerprint density at radius 2 is 1.47 bits per heavy atom. The number of benzene rings is 3. The maximum absolute atomic E-state index is 12.7. The van der Waals surface area contributed by atoms with Crippen LogP contribution in [0.3, 0.4) is 0 Å². The number of nitrogens with one attached hydrogen (secondary N) is 2. The van der Waals surface area contributed by atoms with Crippen molar-refractivity contribution in [3.05, 3.63) is 89.5 Å². The van der Waals surface area contributed by atoms with Crippen LogP contribution in [0.5, 0.6) is 5.75 Å². The van der Waals surface area contributed by atoms with Crippen molar-refractivity contribution in [2.75, 3.05) is 10.6 Å². The molecule has 30 heavy (non-hydrogen) atoms. The average molecular weight is 402 g/mol. The fourth-order valence-corrected chi connectivity index (χ4v) is 3.06. The van der Waals surface area contributed by atoms with Gasteiger partial charge in [0, 0.05) is 16.9 Å². The van der Waals surface area contributed by atoms with Crippen LogP contribution >= 0.6 is 0 Å². The smallest absolute Gasteiger partial charge is 0.265 e. The van der Waals surface area contributed by atoms with Gasteiger partial charge in [0.1, 0.15) is 5.75 Å². The van der Waals surface area contributed by atoms with Crippen molar-refractivity contribution in [2.45, 2.75) is 33.3 Å². The molecule has 0 radical (unpaired) electrons. The Bertz CT molecular complexity index is 1050. The summed E-state index contributed by atoms with van der Waals surface area (Å²) >= 11 is 0.